The Kier molecular flexibility index (Phi) is 13.4. The Morgan fingerprint density at radius 1 is 0.459 bits per heavy atom. The number of rotatable bonds is 9. The summed E-state index contributed by atoms with van der Waals surface area (Å²) in [6.07, 6.45) is 0. The second kappa shape index (κ2) is 19.0. The minimum Gasteiger partial charge on any atom is -0.478 e. The summed E-state index contributed by atoms with van der Waals surface area (Å²) in [5.41, 5.74) is 6.25. The van der Waals surface area contributed by atoms with Crippen molar-refractivity contribution in [1.82, 2.24) is 0 Å². The zero-order chi connectivity index (χ0) is 43.6. The van der Waals surface area contributed by atoms with Crippen molar-refractivity contribution >= 4 is 64.8 Å². The Morgan fingerprint density at radius 3 is 1.30 bits per heavy atom. The molecule has 0 aliphatic heterocycles. The van der Waals surface area contributed by atoms with Crippen LogP contribution < -0.4 is 30.8 Å². The van der Waals surface area contributed by atoms with Crippen LogP contribution in [-0.4, -0.2) is 33.8 Å². The van der Waals surface area contributed by atoms with Gasteiger partial charge in [0.1, 0.15) is 32.8 Å². The number of nitrogens with two attached hydrogens (primary N) is 3. The summed E-state index contributed by atoms with van der Waals surface area (Å²) in [4.78, 5) is 23.1. The highest BCUT2D eigenvalue weighted by molar-refractivity contribution is 7.89. The molecule has 0 fully saturated rings. The van der Waals surface area contributed by atoms with Crippen LogP contribution in [0.1, 0.15) is 20.7 Å². The maximum Gasteiger partial charge on any atom is 0.335 e. The van der Waals surface area contributed by atoms with E-state index in [-0.39, 0.29) is 26.7 Å². The first kappa shape index (κ1) is 43.0. The fraction of sp³-hybridized carbons (Fsp3) is 0. The van der Waals surface area contributed by atoms with E-state index in [1.54, 1.807) is 54.6 Å². The van der Waals surface area contributed by atoms with E-state index >= 15 is 0 Å². The number of ether oxygens (including phenoxy) is 2. The Labute approximate surface area is 351 Å². The number of sulfonamides is 2. The lowest BCUT2D eigenvalue weighted by atomic mass is 10.1. The number of amides is 1. The van der Waals surface area contributed by atoms with E-state index in [1.807, 2.05) is 84.9 Å². The largest absolute Gasteiger partial charge is 0.478 e. The smallest absolute Gasteiger partial charge is 0.335 e. The number of anilines is 2. The maximum atomic E-state index is 12.5. The first-order valence-electron chi connectivity index (χ1n) is 18.2. The number of para-hydroxylation sites is 2. The number of carboxylic acids is 1. The zero-order valence-corrected chi connectivity index (χ0v) is 33.7. The van der Waals surface area contributed by atoms with Crippen LogP contribution in [0.2, 0.25) is 0 Å². The average molecular weight is 855 g/mol. The van der Waals surface area contributed by atoms with Crippen molar-refractivity contribution in [1.29, 1.82) is 0 Å². The van der Waals surface area contributed by atoms with E-state index in [1.165, 1.54) is 42.5 Å². The van der Waals surface area contributed by atoms with Gasteiger partial charge >= 0.3 is 5.97 Å². The van der Waals surface area contributed by atoms with Gasteiger partial charge in [-0.25, -0.2) is 31.9 Å². The molecule has 1 amide bonds. The molecular weight excluding hydrogens is 817 g/mol. The molecule has 8 rings (SSSR count). The van der Waals surface area contributed by atoms with E-state index in [0.29, 0.717) is 22.8 Å². The summed E-state index contributed by atoms with van der Waals surface area (Å²) in [6.45, 7) is 0. The number of nitrogens with one attached hydrogen (secondary N) is 1. The van der Waals surface area contributed by atoms with Gasteiger partial charge in [-0.3, -0.25) is 4.79 Å². The molecule has 0 saturated heterocycles. The lowest BCUT2D eigenvalue weighted by Gasteiger charge is -2.10. The number of carbonyl (C=O) groups is 2. The van der Waals surface area contributed by atoms with Crippen LogP contribution in [-0.2, 0) is 20.0 Å². The first-order valence-corrected chi connectivity index (χ1v) is 21.3. The summed E-state index contributed by atoms with van der Waals surface area (Å²) in [7, 11) is -7.61. The summed E-state index contributed by atoms with van der Waals surface area (Å²) >= 11 is 0. The van der Waals surface area contributed by atoms with Crippen molar-refractivity contribution < 1.29 is 41.0 Å². The van der Waals surface area contributed by atoms with Gasteiger partial charge < -0.3 is 25.6 Å². The van der Waals surface area contributed by atoms with Crippen molar-refractivity contribution in [2.45, 2.75) is 9.79 Å². The van der Waals surface area contributed by atoms with Crippen LogP contribution in [0.25, 0.3) is 21.5 Å². The molecule has 308 valence electrons. The fourth-order valence-corrected chi connectivity index (χ4v) is 7.18. The molecule has 15 heteroatoms. The summed E-state index contributed by atoms with van der Waals surface area (Å²) in [5.74, 6) is 1.21. The van der Waals surface area contributed by atoms with Gasteiger partial charge in [0.15, 0.2) is 0 Å². The lowest BCUT2D eigenvalue weighted by Crippen LogP contribution is -2.18. The second-order valence-electron chi connectivity index (χ2n) is 13.2. The van der Waals surface area contributed by atoms with Gasteiger partial charge in [-0.1, -0.05) is 84.9 Å². The Balaban J connectivity index is 0.000000172. The Morgan fingerprint density at radius 2 is 0.852 bits per heavy atom. The van der Waals surface area contributed by atoms with Gasteiger partial charge in [0, 0.05) is 5.56 Å². The molecule has 0 aromatic heterocycles. The van der Waals surface area contributed by atoms with Crippen molar-refractivity contribution in [2.75, 3.05) is 11.1 Å². The maximum absolute atomic E-state index is 12.5. The first-order chi connectivity index (χ1) is 29.1. The monoisotopic (exact) mass is 854 g/mol. The number of fused-ring (bicyclic) bond motifs is 2. The molecule has 61 heavy (non-hydrogen) atoms. The van der Waals surface area contributed by atoms with Crippen LogP contribution >= 0.6 is 0 Å². The molecule has 0 unspecified atom stereocenters. The summed E-state index contributed by atoms with van der Waals surface area (Å²) in [6, 6.07) is 52.6. The molecule has 13 nitrogen and oxygen atoms in total. The molecule has 0 aliphatic rings. The molecule has 8 aromatic carbocycles. The number of nitrogen functional groups attached to an aromatic ring is 1. The van der Waals surface area contributed by atoms with E-state index in [9.17, 15) is 26.4 Å². The number of carboxylic acid groups (broad SMARTS) is 1. The van der Waals surface area contributed by atoms with Crippen LogP contribution in [0.4, 0.5) is 11.4 Å². The number of hydrogen-bond acceptors (Lipinski definition) is 9. The predicted octanol–water partition coefficient (Wildman–Crippen LogP) is 8.78. The highest BCUT2D eigenvalue weighted by Gasteiger charge is 2.16. The van der Waals surface area contributed by atoms with E-state index < -0.39 is 31.9 Å². The minimum absolute atomic E-state index is 0.0278. The molecule has 0 heterocycles. The molecule has 0 radical (unpaired) electrons. The van der Waals surface area contributed by atoms with E-state index in [0.717, 1.165) is 27.3 Å². The van der Waals surface area contributed by atoms with Gasteiger partial charge in [-0.15, -0.1) is 0 Å². The van der Waals surface area contributed by atoms with Crippen LogP contribution in [0.15, 0.2) is 192 Å². The normalized spacial score (nSPS) is 11.0. The van der Waals surface area contributed by atoms with Crippen LogP contribution in [0.3, 0.4) is 0 Å². The van der Waals surface area contributed by atoms with Gasteiger partial charge in [0.2, 0.25) is 20.0 Å². The topological polar surface area (TPSA) is 231 Å². The van der Waals surface area contributed by atoms with Crippen LogP contribution in [0.5, 0.6) is 23.0 Å². The van der Waals surface area contributed by atoms with Crippen molar-refractivity contribution in [2.24, 2.45) is 10.3 Å². The number of carbonyl (C=O) groups excluding carboxylic acids is 1. The number of aromatic carboxylic acids is 1. The summed E-state index contributed by atoms with van der Waals surface area (Å²) < 4.78 is 56.5. The molecule has 0 spiro atoms. The minimum atomic E-state index is -3.95. The number of primary sulfonamides is 2. The zero-order valence-electron chi connectivity index (χ0n) is 32.1. The number of benzene rings is 8. The predicted molar refractivity (Wildman–Crippen MR) is 236 cm³/mol. The second-order valence-corrected chi connectivity index (χ2v) is 16.2. The highest BCUT2D eigenvalue weighted by atomic mass is 32.2. The van der Waals surface area contributed by atoms with Gasteiger partial charge in [-0.05, 0) is 119 Å². The van der Waals surface area contributed by atoms with Crippen molar-refractivity contribution in [3.63, 3.8) is 0 Å². The number of hydrogen-bond donors (Lipinski definition) is 5. The molecule has 8 N–H and O–H groups in total. The fourth-order valence-electron chi connectivity index (χ4n) is 5.83. The van der Waals surface area contributed by atoms with Gasteiger partial charge in [-0.2, -0.15) is 0 Å². The molecule has 8 aromatic rings. The van der Waals surface area contributed by atoms with Gasteiger partial charge in [0.05, 0.1) is 16.9 Å². The molecule has 0 saturated carbocycles. The standard InChI is InChI=1S/C23H18N2O4S.C17H12O3.C6H8N2O2S/c24-30(27,28)22-8-4-3-7-21(22)25-23(26)17-10-12-19(13-11-17)29-20-14-9-16-5-1-2-6-18(16)15-20;18-17(19)13-6-8-15(9-7-13)20-16-10-5-12-3-1-2-4-14(12)11-16;7-5-3-1-2-4-6(5)11(8,9)10/h1-15H,(H,25,26)(H2,24,27,28);1-11H,(H,18,19);1-4H,7H2,(H2,8,9,10). The molecular formula is C46H38N4O9S2. The third-order valence-corrected chi connectivity index (χ3v) is 10.8. The third kappa shape index (κ3) is 11.8. The quantitative estimate of drug-likeness (QED) is 0.0866. The Bertz CT molecular complexity index is 3070. The average Bonchev–Trinajstić information content (AvgIpc) is 3.24. The van der Waals surface area contributed by atoms with E-state index in [4.69, 9.17) is 30.6 Å². The SMILES string of the molecule is NS(=O)(=O)c1ccccc1NC(=O)c1ccc(Oc2ccc3ccccc3c2)cc1.Nc1ccccc1S(N)(=O)=O.O=C(O)c1ccc(Oc2ccc3ccccc3c2)cc1. The lowest BCUT2D eigenvalue weighted by molar-refractivity contribution is 0.0696. The highest BCUT2D eigenvalue weighted by Crippen LogP contribution is 2.28. The van der Waals surface area contributed by atoms with Crippen LogP contribution in [0, 0.1) is 0 Å². The Hall–Kier alpha value is -7.56. The van der Waals surface area contributed by atoms with E-state index in [2.05, 4.69) is 5.32 Å². The molecule has 0 atom stereocenters. The summed E-state index contributed by atoms with van der Waals surface area (Å²) in [5, 5.41) is 25.9. The molecule has 0 bridgehead atoms. The third-order valence-electron chi connectivity index (χ3n) is 8.80. The van der Waals surface area contributed by atoms with Crippen molar-refractivity contribution in [3.8, 4) is 23.0 Å². The van der Waals surface area contributed by atoms with Crippen molar-refractivity contribution in [3.05, 3.63) is 193 Å². The molecule has 0 aliphatic carbocycles. The van der Waals surface area contributed by atoms with Gasteiger partial charge in [0.25, 0.3) is 5.91 Å².